The molecule has 0 bridgehead atoms. The van der Waals surface area contributed by atoms with E-state index < -0.39 is 17.6 Å². The number of allylic oxidation sites excluding steroid dienone is 3. The van der Waals surface area contributed by atoms with Gasteiger partial charge in [0.25, 0.3) is 5.91 Å². The first kappa shape index (κ1) is 21.3. The molecule has 0 saturated carbocycles. The molecule has 4 rings (SSSR count). The molecule has 0 aromatic heterocycles. The van der Waals surface area contributed by atoms with Gasteiger partial charge < -0.3 is 10.6 Å². The molecule has 4 nitrogen and oxygen atoms in total. The molecule has 1 amide bonds. The molecule has 0 spiro atoms. The van der Waals surface area contributed by atoms with E-state index in [0.717, 1.165) is 11.3 Å². The van der Waals surface area contributed by atoms with E-state index in [2.05, 4.69) is 24.5 Å². The van der Waals surface area contributed by atoms with Crippen molar-refractivity contribution < 1.29 is 14.0 Å². The minimum absolute atomic E-state index is 0.0161. The normalized spacial score (nSPS) is 20.3. The average molecular weight is 439 g/mol. The van der Waals surface area contributed by atoms with Gasteiger partial charge in [-0.3, -0.25) is 9.59 Å². The maximum Gasteiger partial charge on any atom is 0.254 e. The smallest absolute Gasteiger partial charge is 0.254 e. The van der Waals surface area contributed by atoms with Crippen molar-refractivity contribution in [2.24, 2.45) is 5.41 Å². The van der Waals surface area contributed by atoms with Crippen molar-refractivity contribution in [3.8, 4) is 0 Å². The summed E-state index contributed by atoms with van der Waals surface area (Å²) >= 11 is 6.08. The molecule has 1 heterocycles. The number of carbonyl (C=O) groups excluding carboxylic acids is 2. The lowest BCUT2D eigenvalue weighted by atomic mass is 9.68. The monoisotopic (exact) mass is 438 g/mol. The summed E-state index contributed by atoms with van der Waals surface area (Å²) in [4.78, 5) is 26.6. The van der Waals surface area contributed by atoms with Crippen LogP contribution < -0.4 is 10.6 Å². The van der Waals surface area contributed by atoms with Crippen molar-refractivity contribution in [2.75, 3.05) is 5.32 Å². The van der Waals surface area contributed by atoms with Crippen LogP contribution >= 0.6 is 11.6 Å². The number of hydrogen-bond donors (Lipinski definition) is 2. The van der Waals surface area contributed by atoms with Crippen molar-refractivity contribution in [1.29, 1.82) is 0 Å². The van der Waals surface area contributed by atoms with Crippen molar-refractivity contribution >= 4 is 29.0 Å². The fourth-order valence-electron chi connectivity index (χ4n) is 4.48. The number of Topliss-reactive ketones (excluding diaryl/α,β-unsaturated/α-hetero) is 1. The van der Waals surface area contributed by atoms with Gasteiger partial charge in [0.1, 0.15) is 5.82 Å². The fraction of sp³-hybridized carbons (Fsp3) is 0.280. The molecule has 2 N–H and O–H groups in total. The van der Waals surface area contributed by atoms with Gasteiger partial charge in [-0.25, -0.2) is 4.39 Å². The SMILES string of the molecule is CC1=C(C(=O)Nc2ccccc2F)C(c2ccc(Cl)cc2)C2=C(CC(C)(C)CC2=O)N1. The second kappa shape index (κ2) is 7.97. The predicted octanol–water partition coefficient (Wildman–Crippen LogP) is 5.72. The molecule has 160 valence electrons. The van der Waals surface area contributed by atoms with E-state index in [9.17, 15) is 14.0 Å². The van der Waals surface area contributed by atoms with Gasteiger partial charge in [0, 0.05) is 39.9 Å². The summed E-state index contributed by atoms with van der Waals surface area (Å²) in [5.41, 5.74) is 3.23. The van der Waals surface area contributed by atoms with Crippen molar-refractivity contribution in [1.82, 2.24) is 5.32 Å². The number of rotatable bonds is 3. The Morgan fingerprint density at radius 2 is 1.81 bits per heavy atom. The van der Waals surface area contributed by atoms with Gasteiger partial charge in [-0.1, -0.05) is 49.7 Å². The minimum Gasteiger partial charge on any atom is -0.362 e. The maximum atomic E-state index is 14.2. The predicted molar refractivity (Wildman–Crippen MR) is 120 cm³/mol. The quantitative estimate of drug-likeness (QED) is 0.644. The zero-order valence-corrected chi connectivity index (χ0v) is 18.4. The van der Waals surface area contributed by atoms with Crippen LogP contribution in [0.1, 0.15) is 45.1 Å². The molecule has 1 aliphatic heterocycles. The molecule has 1 aliphatic carbocycles. The molecular formula is C25H24ClFN2O2. The summed E-state index contributed by atoms with van der Waals surface area (Å²) in [6.45, 7) is 5.94. The molecular weight excluding hydrogens is 415 g/mol. The Kier molecular flexibility index (Phi) is 5.48. The summed E-state index contributed by atoms with van der Waals surface area (Å²) in [5, 5.41) is 6.55. The highest BCUT2D eigenvalue weighted by Gasteiger charge is 2.42. The third kappa shape index (κ3) is 4.15. The topological polar surface area (TPSA) is 58.2 Å². The van der Waals surface area contributed by atoms with Crippen LogP contribution in [-0.4, -0.2) is 11.7 Å². The zero-order chi connectivity index (χ0) is 22.3. The van der Waals surface area contributed by atoms with E-state index >= 15 is 0 Å². The van der Waals surface area contributed by atoms with Gasteiger partial charge >= 0.3 is 0 Å². The molecule has 1 unspecified atom stereocenters. The van der Waals surface area contributed by atoms with E-state index in [-0.39, 0.29) is 16.9 Å². The highest BCUT2D eigenvalue weighted by Crippen LogP contribution is 2.46. The van der Waals surface area contributed by atoms with Crippen LogP contribution in [0.25, 0.3) is 0 Å². The molecule has 0 fully saturated rings. The van der Waals surface area contributed by atoms with Crippen LogP contribution in [0.3, 0.4) is 0 Å². The van der Waals surface area contributed by atoms with Gasteiger partial charge in [-0.05, 0) is 48.6 Å². The van der Waals surface area contributed by atoms with Crippen LogP contribution in [0, 0.1) is 11.2 Å². The lowest BCUT2D eigenvalue weighted by molar-refractivity contribution is -0.118. The largest absolute Gasteiger partial charge is 0.362 e. The van der Waals surface area contributed by atoms with E-state index in [1.165, 1.54) is 12.1 Å². The summed E-state index contributed by atoms with van der Waals surface area (Å²) < 4.78 is 14.2. The summed E-state index contributed by atoms with van der Waals surface area (Å²) in [5.74, 6) is -1.50. The lowest BCUT2D eigenvalue weighted by Gasteiger charge is -2.39. The average Bonchev–Trinajstić information content (AvgIpc) is 2.68. The van der Waals surface area contributed by atoms with E-state index in [0.29, 0.717) is 34.7 Å². The van der Waals surface area contributed by atoms with Crippen LogP contribution in [0.4, 0.5) is 10.1 Å². The number of para-hydroxylation sites is 1. The lowest BCUT2D eigenvalue weighted by Crippen LogP contribution is -2.39. The van der Waals surface area contributed by atoms with Crippen LogP contribution in [0.15, 0.2) is 71.1 Å². The number of hydrogen-bond acceptors (Lipinski definition) is 3. The Hall–Kier alpha value is -2.92. The second-order valence-electron chi connectivity index (χ2n) is 8.92. The van der Waals surface area contributed by atoms with E-state index in [1.54, 1.807) is 24.3 Å². The Bertz CT molecular complexity index is 1130. The number of halogens is 2. The van der Waals surface area contributed by atoms with Crippen LogP contribution in [-0.2, 0) is 9.59 Å². The molecule has 2 aromatic carbocycles. The summed E-state index contributed by atoms with van der Waals surface area (Å²) in [6.07, 6.45) is 1.11. The molecule has 0 radical (unpaired) electrons. The third-order valence-electron chi connectivity index (χ3n) is 5.81. The Morgan fingerprint density at radius 1 is 1.13 bits per heavy atom. The molecule has 31 heavy (non-hydrogen) atoms. The number of dihydropyridines is 1. The number of nitrogens with one attached hydrogen (secondary N) is 2. The number of carbonyl (C=O) groups is 2. The first-order valence-electron chi connectivity index (χ1n) is 10.2. The second-order valence-corrected chi connectivity index (χ2v) is 9.35. The molecule has 2 aliphatic rings. The van der Waals surface area contributed by atoms with Gasteiger partial charge in [-0.2, -0.15) is 0 Å². The van der Waals surface area contributed by atoms with Gasteiger partial charge in [-0.15, -0.1) is 0 Å². The maximum absolute atomic E-state index is 14.2. The van der Waals surface area contributed by atoms with Gasteiger partial charge in [0.05, 0.1) is 5.69 Å². The number of amides is 1. The zero-order valence-electron chi connectivity index (χ0n) is 17.7. The van der Waals surface area contributed by atoms with Crippen molar-refractivity contribution in [3.63, 3.8) is 0 Å². The molecule has 0 saturated heterocycles. The van der Waals surface area contributed by atoms with Gasteiger partial charge in [0.2, 0.25) is 0 Å². The summed E-state index contributed by atoms with van der Waals surface area (Å²) in [6, 6.07) is 13.2. The summed E-state index contributed by atoms with van der Waals surface area (Å²) in [7, 11) is 0. The highest BCUT2D eigenvalue weighted by atomic mass is 35.5. The van der Waals surface area contributed by atoms with Crippen LogP contribution in [0.5, 0.6) is 0 Å². The Labute approximate surface area is 186 Å². The number of anilines is 1. The number of ketones is 1. The van der Waals surface area contributed by atoms with Crippen LogP contribution in [0.2, 0.25) is 5.02 Å². The molecule has 1 atom stereocenters. The Morgan fingerprint density at radius 3 is 2.48 bits per heavy atom. The highest BCUT2D eigenvalue weighted by molar-refractivity contribution is 6.30. The van der Waals surface area contributed by atoms with Gasteiger partial charge in [0.15, 0.2) is 5.78 Å². The standard InChI is InChI=1S/C25H24ClFN2O2/c1-14-21(24(31)29-18-7-5-4-6-17(18)27)22(15-8-10-16(26)11-9-15)23-19(28-14)12-25(2,3)13-20(23)30/h4-11,22,28H,12-13H2,1-3H3,(H,29,31). The molecule has 2 aromatic rings. The Balaban J connectivity index is 1.81. The van der Waals surface area contributed by atoms with E-state index in [4.69, 9.17) is 11.6 Å². The third-order valence-corrected chi connectivity index (χ3v) is 6.06. The van der Waals surface area contributed by atoms with Crippen molar-refractivity contribution in [3.05, 3.63) is 87.5 Å². The van der Waals surface area contributed by atoms with E-state index in [1.807, 2.05) is 19.1 Å². The van der Waals surface area contributed by atoms with Crippen molar-refractivity contribution in [2.45, 2.75) is 39.5 Å². The fourth-order valence-corrected chi connectivity index (χ4v) is 4.60. The minimum atomic E-state index is -0.552. The first-order chi connectivity index (χ1) is 14.7. The molecule has 6 heteroatoms. The first-order valence-corrected chi connectivity index (χ1v) is 10.6. The number of benzene rings is 2.